The van der Waals surface area contributed by atoms with Crippen LogP contribution in [0.25, 0.3) is 0 Å². The number of ether oxygens (including phenoxy) is 1. The number of carboxylic acids is 1. The second-order valence-corrected chi connectivity index (χ2v) is 4.50. The fraction of sp³-hybridized carbons (Fsp3) is 0.750. The number of nitrogens with one attached hydrogen (secondary N) is 2. The summed E-state index contributed by atoms with van der Waals surface area (Å²) in [5.74, 6) is -1.73. The highest BCUT2D eigenvalue weighted by atomic mass is 16.5. The summed E-state index contributed by atoms with van der Waals surface area (Å²) in [6.45, 7) is 2.08. The van der Waals surface area contributed by atoms with Crippen LogP contribution < -0.4 is 10.6 Å². The molecule has 3 N–H and O–H groups in total. The number of esters is 1. The third-order valence-electron chi connectivity index (χ3n) is 3.20. The summed E-state index contributed by atoms with van der Waals surface area (Å²) >= 11 is 0. The van der Waals surface area contributed by atoms with Crippen LogP contribution in [0.3, 0.4) is 0 Å². The van der Waals surface area contributed by atoms with E-state index in [1.165, 1.54) is 0 Å². The van der Waals surface area contributed by atoms with Gasteiger partial charge in [0.1, 0.15) is 6.54 Å². The zero-order valence-corrected chi connectivity index (χ0v) is 11.0. The summed E-state index contributed by atoms with van der Waals surface area (Å²) in [4.78, 5) is 33.4. The first-order valence-corrected chi connectivity index (χ1v) is 6.44. The third-order valence-corrected chi connectivity index (χ3v) is 3.20. The molecule has 1 aliphatic rings. The molecule has 0 bridgehead atoms. The molecule has 0 heterocycles. The number of carbonyl (C=O) groups is 3. The Morgan fingerprint density at radius 2 is 2.00 bits per heavy atom. The van der Waals surface area contributed by atoms with E-state index in [1.54, 1.807) is 6.92 Å². The number of urea groups is 1. The van der Waals surface area contributed by atoms with Crippen molar-refractivity contribution in [1.82, 2.24) is 10.6 Å². The van der Waals surface area contributed by atoms with Crippen LogP contribution in [-0.4, -0.2) is 42.8 Å². The van der Waals surface area contributed by atoms with Crippen molar-refractivity contribution in [3.63, 3.8) is 0 Å². The molecule has 0 aromatic heterocycles. The van der Waals surface area contributed by atoms with E-state index >= 15 is 0 Å². The van der Waals surface area contributed by atoms with Crippen molar-refractivity contribution < 1.29 is 24.2 Å². The molecule has 0 aromatic carbocycles. The lowest BCUT2D eigenvalue weighted by Gasteiger charge is -2.16. The Morgan fingerprint density at radius 1 is 1.26 bits per heavy atom. The number of carbonyl (C=O) groups excluding carboxylic acids is 2. The number of amides is 2. The normalized spacial score (nSPS) is 21.7. The molecule has 7 heteroatoms. The predicted molar refractivity (Wildman–Crippen MR) is 66.5 cm³/mol. The summed E-state index contributed by atoms with van der Waals surface area (Å²) in [6, 6.07) is -0.482. The lowest BCUT2D eigenvalue weighted by Crippen LogP contribution is -2.42. The van der Waals surface area contributed by atoms with Crippen molar-refractivity contribution in [3.8, 4) is 0 Å². The van der Waals surface area contributed by atoms with Gasteiger partial charge in [-0.15, -0.1) is 0 Å². The van der Waals surface area contributed by atoms with Crippen LogP contribution in [0.1, 0.15) is 26.2 Å². The van der Waals surface area contributed by atoms with Crippen molar-refractivity contribution in [2.45, 2.75) is 26.2 Å². The Labute approximate surface area is 111 Å². The number of hydrogen-bond acceptors (Lipinski definition) is 4. The second-order valence-electron chi connectivity index (χ2n) is 4.50. The van der Waals surface area contributed by atoms with Crippen molar-refractivity contribution >= 4 is 18.0 Å². The molecular weight excluding hydrogens is 252 g/mol. The maximum atomic E-state index is 11.4. The molecule has 2 atom stereocenters. The average Bonchev–Trinajstić information content (AvgIpc) is 2.82. The number of hydrogen-bond donors (Lipinski definition) is 3. The molecule has 1 rings (SSSR count). The Balaban J connectivity index is 2.23. The highest BCUT2D eigenvalue weighted by Crippen LogP contribution is 2.31. The van der Waals surface area contributed by atoms with E-state index in [0.717, 1.165) is 12.8 Å². The molecule has 19 heavy (non-hydrogen) atoms. The molecule has 7 nitrogen and oxygen atoms in total. The van der Waals surface area contributed by atoms with Gasteiger partial charge in [-0.3, -0.25) is 9.59 Å². The molecule has 1 fully saturated rings. The van der Waals surface area contributed by atoms with E-state index in [0.29, 0.717) is 13.0 Å². The van der Waals surface area contributed by atoms with Crippen LogP contribution in [0, 0.1) is 11.8 Å². The first-order chi connectivity index (χ1) is 9.04. The molecule has 0 spiro atoms. The molecule has 2 unspecified atom stereocenters. The SMILES string of the molecule is CCOC(=O)CNC(=O)NCC1CCCC1C(=O)O. The van der Waals surface area contributed by atoms with Crippen LogP contribution in [0.2, 0.25) is 0 Å². The smallest absolute Gasteiger partial charge is 0.325 e. The first kappa shape index (κ1) is 15.3. The van der Waals surface area contributed by atoms with Gasteiger partial charge >= 0.3 is 18.0 Å². The quantitative estimate of drug-likeness (QED) is 0.605. The Bertz CT molecular complexity index is 345. The van der Waals surface area contributed by atoms with E-state index in [1.807, 2.05) is 0 Å². The zero-order valence-electron chi connectivity index (χ0n) is 11.0. The van der Waals surface area contributed by atoms with E-state index in [4.69, 9.17) is 5.11 Å². The summed E-state index contributed by atoms with van der Waals surface area (Å²) in [5.41, 5.74) is 0. The Morgan fingerprint density at radius 3 is 2.63 bits per heavy atom. The molecular formula is C12H20N2O5. The summed E-state index contributed by atoms with van der Waals surface area (Å²) < 4.78 is 4.66. The highest BCUT2D eigenvalue weighted by Gasteiger charge is 2.32. The van der Waals surface area contributed by atoms with Gasteiger partial charge in [0, 0.05) is 6.54 Å². The van der Waals surface area contributed by atoms with E-state index in [9.17, 15) is 14.4 Å². The molecule has 1 saturated carbocycles. The van der Waals surface area contributed by atoms with Crippen LogP contribution in [0.15, 0.2) is 0 Å². The van der Waals surface area contributed by atoms with Crippen molar-refractivity contribution in [2.75, 3.05) is 19.7 Å². The van der Waals surface area contributed by atoms with Gasteiger partial charge in [0.05, 0.1) is 12.5 Å². The van der Waals surface area contributed by atoms with Gasteiger partial charge in [-0.1, -0.05) is 6.42 Å². The largest absolute Gasteiger partial charge is 0.481 e. The van der Waals surface area contributed by atoms with Crippen LogP contribution >= 0.6 is 0 Å². The molecule has 0 radical (unpaired) electrons. The van der Waals surface area contributed by atoms with Gasteiger partial charge in [-0.05, 0) is 25.7 Å². The maximum absolute atomic E-state index is 11.4. The van der Waals surface area contributed by atoms with Crippen molar-refractivity contribution in [3.05, 3.63) is 0 Å². The number of aliphatic carboxylic acids is 1. The molecule has 2 amide bonds. The molecule has 1 aliphatic carbocycles. The number of carboxylic acid groups (broad SMARTS) is 1. The highest BCUT2D eigenvalue weighted by molar-refractivity contribution is 5.80. The molecule has 108 valence electrons. The lowest BCUT2D eigenvalue weighted by molar-refractivity contribution is -0.143. The fourth-order valence-corrected chi connectivity index (χ4v) is 2.26. The summed E-state index contributed by atoms with van der Waals surface area (Å²) in [7, 11) is 0. The second kappa shape index (κ2) is 7.60. The summed E-state index contributed by atoms with van der Waals surface area (Å²) in [6.07, 6.45) is 2.33. The summed E-state index contributed by atoms with van der Waals surface area (Å²) in [5, 5.41) is 13.9. The maximum Gasteiger partial charge on any atom is 0.325 e. The van der Waals surface area contributed by atoms with Gasteiger partial charge in [-0.2, -0.15) is 0 Å². The first-order valence-electron chi connectivity index (χ1n) is 6.44. The van der Waals surface area contributed by atoms with Gasteiger partial charge in [0.15, 0.2) is 0 Å². The van der Waals surface area contributed by atoms with Gasteiger partial charge in [0.25, 0.3) is 0 Å². The lowest BCUT2D eigenvalue weighted by atomic mass is 9.96. The average molecular weight is 272 g/mol. The molecule has 0 aliphatic heterocycles. The molecule has 0 saturated heterocycles. The Hall–Kier alpha value is -1.79. The van der Waals surface area contributed by atoms with Crippen LogP contribution in [-0.2, 0) is 14.3 Å². The van der Waals surface area contributed by atoms with E-state index in [2.05, 4.69) is 15.4 Å². The molecule has 0 aromatic rings. The van der Waals surface area contributed by atoms with Crippen LogP contribution in [0.4, 0.5) is 4.79 Å². The minimum Gasteiger partial charge on any atom is -0.481 e. The number of rotatable bonds is 6. The van der Waals surface area contributed by atoms with E-state index < -0.39 is 18.0 Å². The van der Waals surface area contributed by atoms with Gasteiger partial charge < -0.3 is 20.5 Å². The predicted octanol–water partition coefficient (Wildman–Crippen LogP) is 0.350. The van der Waals surface area contributed by atoms with E-state index in [-0.39, 0.29) is 25.0 Å². The minimum absolute atomic E-state index is 0.0363. The van der Waals surface area contributed by atoms with Gasteiger partial charge in [0.2, 0.25) is 0 Å². The monoisotopic (exact) mass is 272 g/mol. The topological polar surface area (TPSA) is 105 Å². The van der Waals surface area contributed by atoms with Crippen molar-refractivity contribution in [2.24, 2.45) is 11.8 Å². The third kappa shape index (κ3) is 5.15. The standard InChI is InChI=1S/C12H20N2O5/c1-2-19-10(15)7-14-12(18)13-6-8-4-3-5-9(8)11(16)17/h8-9H,2-7H2,1H3,(H,16,17)(H2,13,14,18). The Kier molecular flexibility index (Phi) is 6.11. The fourth-order valence-electron chi connectivity index (χ4n) is 2.26. The van der Waals surface area contributed by atoms with Gasteiger partial charge in [-0.25, -0.2) is 4.79 Å². The van der Waals surface area contributed by atoms with Crippen molar-refractivity contribution in [1.29, 1.82) is 0 Å². The minimum atomic E-state index is -0.809. The van der Waals surface area contributed by atoms with Crippen LogP contribution in [0.5, 0.6) is 0 Å². The zero-order chi connectivity index (χ0) is 14.3.